The predicted molar refractivity (Wildman–Crippen MR) is 73.9 cm³/mol. The van der Waals surface area contributed by atoms with Gasteiger partial charge in [-0.3, -0.25) is 0 Å². The fourth-order valence-electron chi connectivity index (χ4n) is 1.18. The SMILES string of the molecule is Nc1ncc(Cl)c(Nc2ccc(Cl)c(Br)c2)n1. The monoisotopic (exact) mass is 332 g/mol. The maximum Gasteiger partial charge on any atom is 0.222 e. The van der Waals surface area contributed by atoms with Crippen molar-refractivity contribution in [1.82, 2.24) is 9.97 Å². The Morgan fingerprint density at radius 1 is 1.24 bits per heavy atom. The third kappa shape index (κ3) is 3.00. The minimum atomic E-state index is 0.157. The van der Waals surface area contributed by atoms with Crippen LogP contribution in [-0.4, -0.2) is 9.97 Å². The van der Waals surface area contributed by atoms with E-state index in [2.05, 4.69) is 31.2 Å². The molecule has 0 aliphatic carbocycles. The summed E-state index contributed by atoms with van der Waals surface area (Å²) in [5, 5.41) is 4.05. The molecule has 0 spiro atoms. The van der Waals surface area contributed by atoms with Gasteiger partial charge in [-0.25, -0.2) is 4.98 Å². The molecule has 0 radical (unpaired) electrons. The van der Waals surface area contributed by atoms with Crippen LogP contribution in [0, 0.1) is 0 Å². The quantitative estimate of drug-likeness (QED) is 0.875. The molecule has 2 aromatic rings. The van der Waals surface area contributed by atoms with E-state index >= 15 is 0 Å². The van der Waals surface area contributed by atoms with E-state index in [0.29, 0.717) is 15.9 Å². The van der Waals surface area contributed by atoms with Gasteiger partial charge in [-0.15, -0.1) is 0 Å². The van der Waals surface area contributed by atoms with Crippen LogP contribution in [0.2, 0.25) is 10.0 Å². The van der Waals surface area contributed by atoms with Crippen molar-refractivity contribution in [3.8, 4) is 0 Å². The highest BCUT2D eigenvalue weighted by Gasteiger charge is 2.05. The number of rotatable bonds is 2. The molecule has 0 atom stereocenters. The van der Waals surface area contributed by atoms with Gasteiger partial charge in [-0.2, -0.15) is 4.98 Å². The van der Waals surface area contributed by atoms with E-state index < -0.39 is 0 Å². The number of benzene rings is 1. The Bertz CT molecular complexity index is 562. The molecule has 0 aliphatic rings. The standard InChI is InChI=1S/C10H7BrCl2N4/c11-6-3-5(1-2-7(6)12)16-9-8(13)4-15-10(14)17-9/h1-4H,(H3,14,15,16,17). The first-order valence-corrected chi connectivity index (χ1v) is 6.11. The maximum atomic E-state index is 5.94. The van der Waals surface area contributed by atoms with Crippen molar-refractivity contribution in [3.05, 3.63) is 38.9 Å². The molecule has 0 unspecified atom stereocenters. The summed E-state index contributed by atoms with van der Waals surface area (Å²) < 4.78 is 0.780. The van der Waals surface area contributed by atoms with Crippen molar-refractivity contribution in [3.63, 3.8) is 0 Å². The van der Waals surface area contributed by atoms with Gasteiger partial charge in [-0.05, 0) is 34.1 Å². The normalized spacial score (nSPS) is 10.3. The van der Waals surface area contributed by atoms with E-state index in [1.54, 1.807) is 6.07 Å². The van der Waals surface area contributed by atoms with E-state index in [9.17, 15) is 0 Å². The Hall–Kier alpha value is -1.04. The highest BCUT2D eigenvalue weighted by molar-refractivity contribution is 9.10. The van der Waals surface area contributed by atoms with Crippen LogP contribution in [-0.2, 0) is 0 Å². The third-order valence-corrected chi connectivity index (χ3v) is 3.44. The number of nitrogens with one attached hydrogen (secondary N) is 1. The van der Waals surface area contributed by atoms with Crippen molar-refractivity contribution < 1.29 is 0 Å². The van der Waals surface area contributed by atoms with Gasteiger partial charge in [-0.1, -0.05) is 23.2 Å². The lowest BCUT2D eigenvalue weighted by atomic mass is 10.3. The zero-order valence-electron chi connectivity index (χ0n) is 8.42. The Morgan fingerprint density at radius 3 is 2.71 bits per heavy atom. The molecular formula is C10H7BrCl2N4. The molecule has 0 saturated carbocycles. The Morgan fingerprint density at radius 2 is 2.00 bits per heavy atom. The fourth-order valence-corrected chi connectivity index (χ4v) is 1.81. The minimum absolute atomic E-state index is 0.157. The van der Waals surface area contributed by atoms with Crippen LogP contribution in [0.3, 0.4) is 0 Å². The number of nitrogen functional groups attached to an aromatic ring is 1. The highest BCUT2D eigenvalue weighted by Crippen LogP contribution is 2.28. The van der Waals surface area contributed by atoms with Crippen LogP contribution in [0.5, 0.6) is 0 Å². The van der Waals surface area contributed by atoms with Gasteiger partial charge in [0.25, 0.3) is 0 Å². The van der Waals surface area contributed by atoms with Crippen LogP contribution in [0.1, 0.15) is 0 Å². The molecular weight excluding hydrogens is 327 g/mol. The van der Waals surface area contributed by atoms with Crippen LogP contribution in [0.25, 0.3) is 0 Å². The molecule has 1 aromatic heterocycles. The fraction of sp³-hybridized carbons (Fsp3) is 0. The van der Waals surface area contributed by atoms with E-state index in [1.807, 2.05) is 12.1 Å². The number of hydrogen-bond acceptors (Lipinski definition) is 4. The molecule has 0 amide bonds. The lowest BCUT2D eigenvalue weighted by Gasteiger charge is -2.08. The van der Waals surface area contributed by atoms with E-state index in [4.69, 9.17) is 28.9 Å². The number of halogens is 3. The zero-order valence-corrected chi connectivity index (χ0v) is 11.5. The number of anilines is 3. The van der Waals surface area contributed by atoms with Crippen LogP contribution in [0.15, 0.2) is 28.9 Å². The maximum absolute atomic E-state index is 5.94. The topological polar surface area (TPSA) is 63.8 Å². The summed E-state index contributed by atoms with van der Waals surface area (Å²) in [5.41, 5.74) is 6.28. The average Bonchev–Trinajstić information content (AvgIpc) is 2.29. The molecule has 1 aromatic carbocycles. The average molecular weight is 334 g/mol. The number of nitrogens with zero attached hydrogens (tertiary/aromatic N) is 2. The van der Waals surface area contributed by atoms with Crippen LogP contribution >= 0.6 is 39.1 Å². The molecule has 7 heteroatoms. The lowest BCUT2D eigenvalue weighted by Crippen LogP contribution is -2.00. The molecule has 2 rings (SSSR count). The molecule has 17 heavy (non-hydrogen) atoms. The molecule has 0 fully saturated rings. The van der Waals surface area contributed by atoms with Gasteiger partial charge < -0.3 is 11.1 Å². The van der Waals surface area contributed by atoms with Crippen molar-refractivity contribution in [2.24, 2.45) is 0 Å². The largest absolute Gasteiger partial charge is 0.368 e. The smallest absolute Gasteiger partial charge is 0.222 e. The summed E-state index contributed by atoms with van der Waals surface area (Å²) in [7, 11) is 0. The number of hydrogen-bond donors (Lipinski definition) is 2. The second-order valence-corrected chi connectivity index (χ2v) is 4.85. The molecule has 1 heterocycles. The first kappa shape index (κ1) is 12.4. The first-order chi connectivity index (χ1) is 8.06. The molecule has 0 bridgehead atoms. The van der Waals surface area contributed by atoms with Crippen molar-refractivity contribution in [2.45, 2.75) is 0 Å². The van der Waals surface area contributed by atoms with Crippen molar-refractivity contribution >= 4 is 56.6 Å². The molecule has 0 aliphatic heterocycles. The molecule has 88 valence electrons. The molecule has 3 N–H and O–H groups in total. The van der Waals surface area contributed by atoms with Gasteiger partial charge in [0.2, 0.25) is 5.95 Å². The minimum Gasteiger partial charge on any atom is -0.368 e. The summed E-state index contributed by atoms with van der Waals surface area (Å²) in [6.45, 7) is 0. The summed E-state index contributed by atoms with van der Waals surface area (Å²) in [6.07, 6.45) is 1.44. The second kappa shape index (κ2) is 5.08. The summed E-state index contributed by atoms with van der Waals surface area (Å²) in [6, 6.07) is 5.38. The van der Waals surface area contributed by atoms with Gasteiger partial charge in [0.15, 0.2) is 5.82 Å². The van der Waals surface area contributed by atoms with E-state index in [0.717, 1.165) is 10.2 Å². The summed E-state index contributed by atoms with van der Waals surface area (Å²) in [4.78, 5) is 7.77. The zero-order chi connectivity index (χ0) is 12.4. The van der Waals surface area contributed by atoms with E-state index in [1.165, 1.54) is 6.20 Å². The first-order valence-electron chi connectivity index (χ1n) is 4.56. The third-order valence-electron chi connectivity index (χ3n) is 1.95. The van der Waals surface area contributed by atoms with Gasteiger partial charge in [0, 0.05) is 10.2 Å². The summed E-state index contributed by atoms with van der Waals surface area (Å²) >= 11 is 15.2. The van der Waals surface area contributed by atoms with Crippen molar-refractivity contribution in [1.29, 1.82) is 0 Å². The Balaban J connectivity index is 2.31. The summed E-state index contributed by atoms with van der Waals surface area (Å²) in [5.74, 6) is 0.610. The Labute approximate surface area is 116 Å². The van der Waals surface area contributed by atoms with E-state index in [-0.39, 0.29) is 5.95 Å². The van der Waals surface area contributed by atoms with Crippen molar-refractivity contribution in [2.75, 3.05) is 11.1 Å². The van der Waals surface area contributed by atoms with Gasteiger partial charge in [0.05, 0.1) is 11.2 Å². The highest BCUT2D eigenvalue weighted by atomic mass is 79.9. The second-order valence-electron chi connectivity index (χ2n) is 3.18. The number of nitrogens with two attached hydrogens (primary N) is 1. The van der Waals surface area contributed by atoms with Crippen LogP contribution in [0.4, 0.5) is 17.5 Å². The predicted octanol–water partition coefficient (Wildman–Crippen LogP) is 3.87. The molecule has 0 saturated heterocycles. The number of aromatic nitrogens is 2. The molecule has 4 nitrogen and oxygen atoms in total. The Kier molecular flexibility index (Phi) is 3.71. The van der Waals surface area contributed by atoms with Gasteiger partial charge in [0.1, 0.15) is 5.02 Å². The lowest BCUT2D eigenvalue weighted by molar-refractivity contribution is 1.18. The van der Waals surface area contributed by atoms with Crippen LogP contribution < -0.4 is 11.1 Å². The van der Waals surface area contributed by atoms with Gasteiger partial charge >= 0.3 is 0 Å².